The van der Waals surface area contributed by atoms with Gasteiger partial charge >= 0.3 is 0 Å². The van der Waals surface area contributed by atoms with E-state index >= 15 is 0 Å². The van der Waals surface area contributed by atoms with Crippen LogP contribution in [0.5, 0.6) is 0 Å². The molecule has 1 unspecified atom stereocenters. The minimum Gasteiger partial charge on any atom is -0.314 e. The Labute approximate surface area is 129 Å². The molecule has 0 aromatic heterocycles. The fourth-order valence-corrected chi connectivity index (χ4v) is 2.82. The van der Waals surface area contributed by atoms with Crippen molar-refractivity contribution in [3.8, 4) is 0 Å². The summed E-state index contributed by atoms with van der Waals surface area (Å²) in [6.45, 7) is 9.78. The molecule has 21 heavy (non-hydrogen) atoms. The van der Waals surface area contributed by atoms with Gasteiger partial charge in [0.25, 0.3) is 0 Å². The van der Waals surface area contributed by atoms with Gasteiger partial charge in [-0.1, -0.05) is 49.4 Å². The second-order valence-electron chi connectivity index (χ2n) is 6.01. The van der Waals surface area contributed by atoms with Gasteiger partial charge in [0.05, 0.1) is 0 Å². The lowest BCUT2D eigenvalue weighted by atomic mass is 9.95. The zero-order valence-corrected chi connectivity index (χ0v) is 13.7. The van der Waals surface area contributed by atoms with Crippen LogP contribution in [0.15, 0.2) is 42.5 Å². The van der Waals surface area contributed by atoms with E-state index in [0.29, 0.717) is 6.04 Å². The Morgan fingerprint density at radius 3 is 2.29 bits per heavy atom. The monoisotopic (exact) mass is 281 g/mol. The highest BCUT2D eigenvalue weighted by molar-refractivity contribution is 5.31. The van der Waals surface area contributed by atoms with Crippen molar-refractivity contribution in [2.75, 3.05) is 6.54 Å². The SMILES string of the molecule is CCNC(Cc1ccc(C)c(C)c1)Cc1ccccc1C. The Kier molecular flexibility index (Phi) is 5.58. The van der Waals surface area contributed by atoms with Gasteiger partial charge in [-0.25, -0.2) is 0 Å². The number of hydrogen-bond donors (Lipinski definition) is 1. The summed E-state index contributed by atoms with van der Waals surface area (Å²) in [5.41, 5.74) is 7.03. The van der Waals surface area contributed by atoms with E-state index in [0.717, 1.165) is 19.4 Å². The van der Waals surface area contributed by atoms with E-state index in [-0.39, 0.29) is 0 Å². The summed E-state index contributed by atoms with van der Waals surface area (Å²) < 4.78 is 0. The van der Waals surface area contributed by atoms with Crippen molar-refractivity contribution in [2.45, 2.75) is 46.6 Å². The summed E-state index contributed by atoms with van der Waals surface area (Å²) in [7, 11) is 0. The van der Waals surface area contributed by atoms with Crippen LogP contribution in [0.4, 0.5) is 0 Å². The lowest BCUT2D eigenvalue weighted by molar-refractivity contribution is 0.520. The van der Waals surface area contributed by atoms with Gasteiger partial charge in [0.1, 0.15) is 0 Å². The number of benzene rings is 2. The molecule has 2 rings (SSSR count). The van der Waals surface area contributed by atoms with Crippen LogP contribution in [0.1, 0.15) is 34.7 Å². The lowest BCUT2D eigenvalue weighted by Gasteiger charge is -2.20. The molecule has 0 saturated carbocycles. The summed E-state index contributed by atoms with van der Waals surface area (Å²) in [6, 6.07) is 16.0. The molecule has 1 atom stereocenters. The highest BCUT2D eigenvalue weighted by Gasteiger charge is 2.11. The first-order valence-corrected chi connectivity index (χ1v) is 7.94. The summed E-state index contributed by atoms with van der Waals surface area (Å²) >= 11 is 0. The first-order valence-electron chi connectivity index (χ1n) is 7.94. The molecule has 0 aliphatic carbocycles. The van der Waals surface area contributed by atoms with Crippen LogP contribution in [-0.2, 0) is 12.8 Å². The molecule has 0 fully saturated rings. The molecular formula is C20H27N. The minimum absolute atomic E-state index is 0.498. The molecular weight excluding hydrogens is 254 g/mol. The molecule has 2 aromatic carbocycles. The maximum absolute atomic E-state index is 3.64. The molecule has 0 saturated heterocycles. The standard InChI is InChI=1S/C20H27N/c1-5-21-20(14-19-9-7-6-8-16(19)3)13-18-11-10-15(2)17(4)12-18/h6-12,20-21H,5,13-14H2,1-4H3. The van der Waals surface area contributed by atoms with Crippen molar-refractivity contribution in [1.82, 2.24) is 5.32 Å². The highest BCUT2D eigenvalue weighted by Crippen LogP contribution is 2.15. The van der Waals surface area contributed by atoms with Gasteiger partial charge in [-0.3, -0.25) is 0 Å². The Hall–Kier alpha value is -1.60. The van der Waals surface area contributed by atoms with Gasteiger partial charge in [0, 0.05) is 6.04 Å². The Balaban J connectivity index is 2.11. The van der Waals surface area contributed by atoms with Crippen molar-refractivity contribution in [3.63, 3.8) is 0 Å². The van der Waals surface area contributed by atoms with Crippen LogP contribution in [0.3, 0.4) is 0 Å². The van der Waals surface area contributed by atoms with E-state index in [4.69, 9.17) is 0 Å². The van der Waals surface area contributed by atoms with E-state index in [1.54, 1.807) is 0 Å². The number of hydrogen-bond acceptors (Lipinski definition) is 1. The molecule has 1 N–H and O–H groups in total. The first kappa shape index (κ1) is 15.8. The van der Waals surface area contributed by atoms with E-state index < -0.39 is 0 Å². The fourth-order valence-electron chi connectivity index (χ4n) is 2.82. The van der Waals surface area contributed by atoms with Gasteiger partial charge in [0.15, 0.2) is 0 Å². The maximum Gasteiger partial charge on any atom is 0.0148 e. The highest BCUT2D eigenvalue weighted by atomic mass is 14.9. The third-order valence-electron chi connectivity index (χ3n) is 4.27. The molecule has 0 radical (unpaired) electrons. The molecule has 1 nitrogen and oxygen atoms in total. The number of likely N-dealkylation sites (N-methyl/N-ethyl adjacent to an activating group) is 1. The van der Waals surface area contributed by atoms with Crippen LogP contribution < -0.4 is 5.32 Å². The van der Waals surface area contributed by atoms with Gasteiger partial charge in [-0.15, -0.1) is 0 Å². The van der Waals surface area contributed by atoms with E-state index in [9.17, 15) is 0 Å². The van der Waals surface area contributed by atoms with Gasteiger partial charge in [0.2, 0.25) is 0 Å². The van der Waals surface area contributed by atoms with E-state index in [1.165, 1.54) is 27.8 Å². The van der Waals surface area contributed by atoms with Crippen molar-refractivity contribution in [1.29, 1.82) is 0 Å². The van der Waals surface area contributed by atoms with E-state index in [1.807, 2.05) is 0 Å². The van der Waals surface area contributed by atoms with Crippen molar-refractivity contribution in [3.05, 3.63) is 70.3 Å². The zero-order chi connectivity index (χ0) is 15.2. The molecule has 0 aliphatic rings. The maximum atomic E-state index is 3.64. The molecule has 0 amide bonds. The summed E-state index contributed by atoms with van der Waals surface area (Å²) in [6.07, 6.45) is 2.18. The number of aryl methyl sites for hydroxylation is 3. The number of nitrogens with one attached hydrogen (secondary N) is 1. The van der Waals surface area contributed by atoms with Crippen molar-refractivity contribution < 1.29 is 0 Å². The van der Waals surface area contributed by atoms with Crippen LogP contribution >= 0.6 is 0 Å². The number of rotatable bonds is 6. The second-order valence-corrected chi connectivity index (χ2v) is 6.01. The van der Waals surface area contributed by atoms with Gasteiger partial charge < -0.3 is 5.32 Å². The summed E-state index contributed by atoms with van der Waals surface area (Å²) in [5, 5.41) is 3.64. The topological polar surface area (TPSA) is 12.0 Å². The molecule has 112 valence electrons. The third-order valence-corrected chi connectivity index (χ3v) is 4.27. The van der Waals surface area contributed by atoms with E-state index in [2.05, 4.69) is 75.5 Å². The van der Waals surface area contributed by atoms with Crippen LogP contribution in [0.25, 0.3) is 0 Å². The third kappa shape index (κ3) is 4.44. The average Bonchev–Trinajstić information content (AvgIpc) is 2.46. The molecule has 1 heteroatoms. The van der Waals surface area contributed by atoms with Crippen LogP contribution in [-0.4, -0.2) is 12.6 Å². The van der Waals surface area contributed by atoms with Crippen LogP contribution in [0.2, 0.25) is 0 Å². The molecule has 0 heterocycles. The quantitative estimate of drug-likeness (QED) is 0.829. The predicted octanol–water partition coefficient (Wildman–Crippen LogP) is 4.38. The molecule has 0 bridgehead atoms. The second kappa shape index (κ2) is 7.42. The molecule has 0 aliphatic heterocycles. The Morgan fingerprint density at radius 2 is 1.62 bits per heavy atom. The largest absolute Gasteiger partial charge is 0.314 e. The average molecular weight is 281 g/mol. The predicted molar refractivity (Wildman–Crippen MR) is 92.0 cm³/mol. The van der Waals surface area contributed by atoms with Crippen molar-refractivity contribution in [2.24, 2.45) is 0 Å². The smallest absolute Gasteiger partial charge is 0.0148 e. The summed E-state index contributed by atoms with van der Waals surface area (Å²) in [5.74, 6) is 0. The minimum atomic E-state index is 0.498. The normalized spacial score (nSPS) is 12.4. The Bertz CT molecular complexity index is 586. The lowest BCUT2D eigenvalue weighted by Crippen LogP contribution is -2.33. The van der Waals surface area contributed by atoms with Crippen LogP contribution in [0, 0.1) is 20.8 Å². The molecule has 0 spiro atoms. The fraction of sp³-hybridized carbons (Fsp3) is 0.400. The summed E-state index contributed by atoms with van der Waals surface area (Å²) in [4.78, 5) is 0. The zero-order valence-electron chi connectivity index (χ0n) is 13.7. The Morgan fingerprint density at radius 1 is 0.857 bits per heavy atom. The molecule has 2 aromatic rings. The van der Waals surface area contributed by atoms with Gasteiger partial charge in [-0.05, 0) is 68.0 Å². The van der Waals surface area contributed by atoms with Gasteiger partial charge in [-0.2, -0.15) is 0 Å². The van der Waals surface area contributed by atoms with Crippen molar-refractivity contribution >= 4 is 0 Å². The first-order chi connectivity index (χ1) is 10.1.